The minimum atomic E-state index is -0.135. The maximum Gasteiger partial charge on any atom is 0.226 e. The van der Waals surface area contributed by atoms with Crippen molar-refractivity contribution in [1.82, 2.24) is 9.80 Å². The first-order valence-corrected chi connectivity index (χ1v) is 7.11. The summed E-state index contributed by atoms with van der Waals surface area (Å²) in [5, 5.41) is 0. The molecule has 0 bridgehead atoms. The van der Waals surface area contributed by atoms with Crippen LogP contribution in [0.3, 0.4) is 0 Å². The molecule has 5 heteroatoms. The Morgan fingerprint density at radius 3 is 2.00 bits per heavy atom. The van der Waals surface area contributed by atoms with Crippen LogP contribution >= 0.6 is 11.6 Å². The Morgan fingerprint density at radius 1 is 1.06 bits per heavy atom. The summed E-state index contributed by atoms with van der Waals surface area (Å²) in [6, 6.07) is 0. The van der Waals surface area contributed by atoms with E-state index in [9.17, 15) is 9.59 Å². The molecular formula is C13H23ClN2O2. The van der Waals surface area contributed by atoms with E-state index in [0.717, 1.165) is 0 Å². The standard InChI is InChI=1S/C13H23ClN2O2/c1-10(2)8-12(17)15-4-6-16(7-5-15)13(18)11(3)9-14/h10-11H,4-9H2,1-3H3. The van der Waals surface area contributed by atoms with Crippen molar-refractivity contribution in [2.24, 2.45) is 11.8 Å². The maximum atomic E-state index is 11.9. The monoisotopic (exact) mass is 274 g/mol. The Balaban J connectivity index is 2.41. The number of rotatable bonds is 4. The lowest BCUT2D eigenvalue weighted by Crippen LogP contribution is -2.52. The van der Waals surface area contributed by atoms with Gasteiger partial charge in [0, 0.05) is 44.4 Å². The van der Waals surface area contributed by atoms with Crippen molar-refractivity contribution in [2.75, 3.05) is 32.1 Å². The third-order valence-corrected chi connectivity index (χ3v) is 3.64. The van der Waals surface area contributed by atoms with E-state index in [-0.39, 0.29) is 17.7 Å². The zero-order valence-corrected chi connectivity index (χ0v) is 12.2. The second-order valence-corrected chi connectivity index (χ2v) is 5.67. The number of amides is 2. The van der Waals surface area contributed by atoms with Crippen LogP contribution in [-0.2, 0) is 9.59 Å². The average Bonchev–Trinajstić information content (AvgIpc) is 2.36. The molecule has 1 atom stereocenters. The number of alkyl halides is 1. The Kier molecular flexibility index (Phi) is 5.93. The number of hydrogen-bond donors (Lipinski definition) is 0. The first-order valence-electron chi connectivity index (χ1n) is 6.58. The number of carbonyl (C=O) groups is 2. The van der Waals surface area contributed by atoms with Gasteiger partial charge in [-0.3, -0.25) is 9.59 Å². The van der Waals surface area contributed by atoms with Gasteiger partial charge < -0.3 is 9.80 Å². The minimum absolute atomic E-state index is 0.0981. The highest BCUT2D eigenvalue weighted by Gasteiger charge is 2.26. The number of halogens is 1. The van der Waals surface area contributed by atoms with E-state index in [1.165, 1.54) is 0 Å². The zero-order chi connectivity index (χ0) is 13.7. The first-order chi connectivity index (χ1) is 8.45. The molecule has 18 heavy (non-hydrogen) atoms. The van der Waals surface area contributed by atoms with Crippen LogP contribution in [0.25, 0.3) is 0 Å². The second kappa shape index (κ2) is 6.98. The van der Waals surface area contributed by atoms with E-state index >= 15 is 0 Å². The van der Waals surface area contributed by atoms with Crippen LogP contribution in [0.4, 0.5) is 0 Å². The van der Waals surface area contributed by atoms with E-state index in [0.29, 0.717) is 44.4 Å². The first kappa shape index (κ1) is 15.3. The lowest BCUT2D eigenvalue weighted by atomic mass is 10.1. The minimum Gasteiger partial charge on any atom is -0.339 e. The molecule has 0 N–H and O–H groups in total. The Hall–Kier alpha value is -0.770. The van der Waals surface area contributed by atoms with Crippen LogP contribution in [0.15, 0.2) is 0 Å². The van der Waals surface area contributed by atoms with E-state index in [1.54, 1.807) is 0 Å². The van der Waals surface area contributed by atoms with Crippen molar-refractivity contribution >= 4 is 23.4 Å². The SMILES string of the molecule is CC(C)CC(=O)N1CCN(C(=O)C(C)CCl)CC1. The Morgan fingerprint density at radius 2 is 1.56 bits per heavy atom. The van der Waals surface area contributed by atoms with Crippen molar-refractivity contribution < 1.29 is 9.59 Å². The number of carbonyl (C=O) groups excluding carboxylic acids is 2. The van der Waals surface area contributed by atoms with Crippen LogP contribution in [0.1, 0.15) is 27.2 Å². The van der Waals surface area contributed by atoms with E-state index in [4.69, 9.17) is 11.6 Å². The van der Waals surface area contributed by atoms with Crippen molar-refractivity contribution in [3.05, 3.63) is 0 Å². The molecule has 1 heterocycles. The van der Waals surface area contributed by atoms with E-state index in [1.807, 2.05) is 30.6 Å². The summed E-state index contributed by atoms with van der Waals surface area (Å²) in [4.78, 5) is 27.5. The molecule has 0 aliphatic carbocycles. The fraction of sp³-hybridized carbons (Fsp3) is 0.846. The number of hydrogen-bond acceptors (Lipinski definition) is 2. The largest absolute Gasteiger partial charge is 0.339 e. The molecule has 1 fully saturated rings. The molecular weight excluding hydrogens is 252 g/mol. The van der Waals surface area contributed by atoms with Crippen LogP contribution < -0.4 is 0 Å². The highest BCUT2D eigenvalue weighted by molar-refractivity contribution is 6.19. The lowest BCUT2D eigenvalue weighted by Gasteiger charge is -2.36. The predicted molar refractivity (Wildman–Crippen MR) is 72.5 cm³/mol. The number of piperazine rings is 1. The van der Waals surface area contributed by atoms with Crippen molar-refractivity contribution in [3.63, 3.8) is 0 Å². The molecule has 1 saturated heterocycles. The van der Waals surface area contributed by atoms with Gasteiger partial charge in [-0.05, 0) is 5.92 Å². The van der Waals surface area contributed by atoms with Gasteiger partial charge in [0.1, 0.15) is 0 Å². The van der Waals surface area contributed by atoms with Crippen LogP contribution in [0, 0.1) is 11.8 Å². The summed E-state index contributed by atoms with van der Waals surface area (Å²) in [6.45, 7) is 8.47. The quantitative estimate of drug-likeness (QED) is 0.731. The number of nitrogens with zero attached hydrogens (tertiary/aromatic N) is 2. The van der Waals surface area contributed by atoms with Gasteiger partial charge in [-0.15, -0.1) is 11.6 Å². The molecule has 0 aromatic carbocycles. The molecule has 0 aromatic rings. The van der Waals surface area contributed by atoms with Crippen LogP contribution in [-0.4, -0.2) is 53.7 Å². The second-order valence-electron chi connectivity index (χ2n) is 5.36. The van der Waals surface area contributed by atoms with Gasteiger partial charge in [0.2, 0.25) is 11.8 Å². The smallest absolute Gasteiger partial charge is 0.226 e. The molecule has 0 saturated carbocycles. The Labute approximate surface area is 114 Å². The predicted octanol–water partition coefficient (Wildman–Crippen LogP) is 1.58. The van der Waals surface area contributed by atoms with Crippen LogP contribution in [0.5, 0.6) is 0 Å². The zero-order valence-electron chi connectivity index (χ0n) is 11.5. The molecule has 1 unspecified atom stereocenters. The third kappa shape index (κ3) is 4.16. The summed E-state index contributed by atoms with van der Waals surface area (Å²) >= 11 is 5.69. The lowest BCUT2D eigenvalue weighted by molar-refractivity contribution is -0.141. The highest BCUT2D eigenvalue weighted by Crippen LogP contribution is 2.11. The fourth-order valence-electron chi connectivity index (χ4n) is 2.03. The van der Waals surface area contributed by atoms with Gasteiger partial charge in [0.05, 0.1) is 0 Å². The summed E-state index contributed by atoms with van der Waals surface area (Å²) in [7, 11) is 0. The van der Waals surface area contributed by atoms with Gasteiger partial charge in [0.15, 0.2) is 0 Å². The van der Waals surface area contributed by atoms with Gasteiger partial charge >= 0.3 is 0 Å². The molecule has 104 valence electrons. The maximum absolute atomic E-state index is 11.9. The molecule has 1 aliphatic rings. The Bertz CT molecular complexity index is 299. The van der Waals surface area contributed by atoms with Gasteiger partial charge in [-0.25, -0.2) is 0 Å². The highest BCUT2D eigenvalue weighted by atomic mass is 35.5. The van der Waals surface area contributed by atoms with Crippen LogP contribution in [0.2, 0.25) is 0 Å². The summed E-state index contributed by atoms with van der Waals surface area (Å²) < 4.78 is 0. The summed E-state index contributed by atoms with van der Waals surface area (Å²) in [6.07, 6.45) is 0.589. The molecule has 0 aromatic heterocycles. The molecule has 0 radical (unpaired) electrons. The van der Waals surface area contributed by atoms with E-state index < -0.39 is 0 Å². The topological polar surface area (TPSA) is 40.6 Å². The third-order valence-electron chi connectivity index (χ3n) is 3.18. The average molecular weight is 275 g/mol. The summed E-state index contributed by atoms with van der Waals surface area (Å²) in [5.74, 6) is 0.896. The van der Waals surface area contributed by atoms with Gasteiger partial charge in [0.25, 0.3) is 0 Å². The van der Waals surface area contributed by atoms with Gasteiger partial charge in [-0.1, -0.05) is 20.8 Å². The fourth-order valence-corrected chi connectivity index (χ4v) is 2.16. The van der Waals surface area contributed by atoms with Gasteiger partial charge in [-0.2, -0.15) is 0 Å². The molecule has 1 aliphatic heterocycles. The normalized spacial score (nSPS) is 18.1. The van der Waals surface area contributed by atoms with Crippen molar-refractivity contribution in [2.45, 2.75) is 27.2 Å². The van der Waals surface area contributed by atoms with Crippen molar-refractivity contribution in [1.29, 1.82) is 0 Å². The molecule has 4 nitrogen and oxygen atoms in total. The van der Waals surface area contributed by atoms with Crippen molar-refractivity contribution in [3.8, 4) is 0 Å². The molecule has 1 rings (SSSR count). The molecule has 0 spiro atoms. The summed E-state index contributed by atoms with van der Waals surface area (Å²) in [5.41, 5.74) is 0. The van der Waals surface area contributed by atoms with E-state index in [2.05, 4.69) is 0 Å². The molecule has 2 amide bonds.